The zero-order chi connectivity index (χ0) is 2.71. The summed E-state index contributed by atoms with van der Waals surface area (Å²) >= 11 is 8.53. The second-order valence-corrected chi connectivity index (χ2v) is 0.525. The fourth-order valence-corrected chi connectivity index (χ4v) is 0. The minimum absolute atomic E-state index is 0. The van der Waals surface area contributed by atoms with Gasteiger partial charge in [0.2, 0.25) is 0 Å². The summed E-state index contributed by atoms with van der Waals surface area (Å²) in [7, 11) is 0. The molecule has 0 aliphatic heterocycles. The van der Waals surface area contributed by atoms with E-state index in [9.17, 15) is 0 Å². The van der Waals surface area contributed by atoms with Crippen molar-refractivity contribution in [1.82, 2.24) is 6.15 Å². The van der Waals surface area contributed by atoms with Crippen molar-refractivity contribution in [1.29, 1.82) is 0 Å². The van der Waals surface area contributed by atoms with E-state index in [1.807, 2.05) is 0 Å². The molecule has 0 bridgehead atoms. The number of hydrogen-bond acceptors (Lipinski definition) is 2. The molecule has 0 saturated heterocycles. The van der Waals surface area contributed by atoms with E-state index < -0.39 is 0 Å². The first-order chi connectivity index (χ1) is 1.41. The molecule has 0 rings (SSSR count). The zero-order valence-electron chi connectivity index (χ0n) is 2.28. The van der Waals surface area contributed by atoms with Crippen LogP contribution in [0, 0.1) is 0 Å². The molecule has 0 heterocycles. The zero-order valence-corrected chi connectivity index (χ0v) is 5.80. The summed E-state index contributed by atoms with van der Waals surface area (Å²) in [6.07, 6.45) is 0. The first-order valence-corrected chi connectivity index (χ1v) is 0.926. The van der Waals surface area contributed by atoms with Gasteiger partial charge in [0.25, 0.3) is 0 Å². The molecule has 0 fully saturated rings. The smallest absolute Gasteiger partial charge is 0.344 e. The fourth-order valence-electron chi connectivity index (χ4n) is 0. The maximum atomic E-state index is 4.26. The van der Waals surface area contributed by atoms with Crippen LogP contribution < -0.4 is 6.15 Å². The van der Waals surface area contributed by atoms with Crippen molar-refractivity contribution in [2.45, 2.75) is 0 Å². The van der Waals surface area contributed by atoms with Crippen molar-refractivity contribution in [2.24, 2.45) is 0 Å². The van der Waals surface area contributed by atoms with Crippen LogP contribution >= 0.6 is 23.7 Å². The molecule has 0 saturated carbocycles. The molecule has 0 aromatic heterocycles. The topological polar surface area (TPSA) is 44.2 Å². The molecule has 0 aromatic carbocycles. The molecular formula is H3Cl2MoNO+4. The Kier molecular flexibility index (Phi) is 62.3. The standard InChI is InChI=1S/Cl2O.Mo.H3N/c1-3-2;;/h;;1H3/q;+4;. The Morgan fingerprint density at radius 1 is 1.20 bits per heavy atom. The predicted octanol–water partition coefficient (Wildman–Crippen LogP) is 1.47. The SMILES string of the molecule is ClOCl.N.[Mo+4]. The Morgan fingerprint density at radius 3 is 1.20 bits per heavy atom. The quantitative estimate of drug-likeness (QED) is 0.601. The van der Waals surface area contributed by atoms with Crippen LogP contribution in [0.4, 0.5) is 0 Å². The van der Waals surface area contributed by atoms with Crippen molar-refractivity contribution in [3.63, 3.8) is 0 Å². The van der Waals surface area contributed by atoms with Crippen LogP contribution in [-0.4, -0.2) is 0 Å². The van der Waals surface area contributed by atoms with Crippen molar-refractivity contribution < 1.29 is 24.9 Å². The molecule has 5 heavy (non-hydrogen) atoms. The van der Waals surface area contributed by atoms with Gasteiger partial charge in [-0.25, -0.2) is 0 Å². The van der Waals surface area contributed by atoms with Gasteiger partial charge in [-0.15, -0.1) is 0 Å². The fraction of sp³-hybridized carbons (Fsp3) is 0. The van der Waals surface area contributed by atoms with Crippen molar-refractivity contribution in [3.05, 3.63) is 0 Å². The van der Waals surface area contributed by atoms with Crippen LogP contribution in [-0.2, 0) is 24.9 Å². The number of rotatable bonds is 0. The van der Waals surface area contributed by atoms with Gasteiger partial charge in [0.15, 0.2) is 0 Å². The number of halogens is 2. The average Bonchev–Trinajstić information content (AvgIpc) is 0.918. The molecule has 2 nitrogen and oxygen atoms in total. The van der Waals surface area contributed by atoms with Gasteiger partial charge in [0, 0.05) is 0 Å². The first-order valence-electron chi connectivity index (χ1n) is 0.309. The summed E-state index contributed by atoms with van der Waals surface area (Å²) in [5.74, 6) is 0. The molecule has 30 valence electrons. The Hall–Kier alpha value is 1.19. The Morgan fingerprint density at radius 2 is 1.20 bits per heavy atom. The minimum Gasteiger partial charge on any atom is -0.344 e. The molecule has 0 atom stereocenters. The summed E-state index contributed by atoms with van der Waals surface area (Å²) in [4.78, 5) is 0. The van der Waals surface area contributed by atoms with Gasteiger partial charge in [-0.3, -0.25) is 0 Å². The Balaban J connectivity index is -0.0000000200. The van der Waals surface area contributed by atoms with Crippen LogP contribution in [0.2, 0.25) is 0 Å². The molecule has 0 aliphatic rings. The van der Waals surface area contributed by atoms with E-state index in [4.69, 9.17) is 0 Å². The first kappa shape index (κ1) is 16.4. The molecule has 3 N–H and O–H groups in total. The largest absolute Gasteiger partial charge is 4.00 e. The second kappa shape index (κ2) is 19.0. The van der Waals surface area contributed by atoms with Gasteiger partial charge < -0.3 is 6.15 Å². The molecule has 0 aliphatic carbocycles. The Labute approximate surface area is 55.0 Å². The molecule has 0 spiro atoms. The van der Waals surface area contributed by atoms with Crippen LogP contribution in [0.1, 0.15) is 0 Å². The normalized spacial score (nSPS) is 3.60. The van der Waals surface area contributed by atoms with E-state index >= 15 is 0 Å². The van der Waals surface area contributed by atoms with Gasteiger partial charge in [-0.05, 0) is 0 Å². The molecule has 0 unspecified atom stereocenters. The van der Waals surface area contributed by atoms with Crippen LogP contribution in [0.3, 0.4) is 0 Å². The van der Waals surface area contributed by atoms with E-state index in [0.29, 0.717) is 0 Å². The van der Waals surface area contributed by atoms with Gasteiger partial charge in [-0.1, -0.05) is 0 Å². The summed E-state index contributed by atoms with van der Waals surface area (Å²) in [6, 6.07) is 0. The van der Waals surface area contributed by atoms with Crippen molar-refractivity contribution in [2.75, 3.05) is 0 Å². The van der Waals surface area contributed by atoms with E-state index in [2.05, 4.69) is 27.6 Å². The van der Waals surface area contributed by atoms with E-state index in [0.717, 1.165) is 0 Å². The predicted molar refractivity (Wildman–Crippen MR) is 17.8 cm³/mol. The molecule has 5 heteroatoms. The van der Waals surface area contributed by atoms with E-state index in [1.54, 1.807) is 0 Å². The molecular weight excluding hydrogens is 197 g/mol. The summed E-state index contributed by atoms with van der Waals surface area (Å²) in [6.45, 7) is 0. The second-order valence-electron chi connectivity index (χ2n) is 0.0583. The molecule has 0 radical (unpaired) electrons. The molecule has 0 amide bonds. The third kappa shape index (κ3) is 37.3. The number of hydrogen-bond donors (Lipinski definition) is 1. The van der Waals surface area contributed by atoms with Crippen molar-refractivity contribution >= 4 is 23.7 Å². The molecule has 0 aromatic rings. The van der Waals surface area contributed by atoms with Gasteiger partial charge in [0.1, 0.15) is 0 Å². The third-order valence-corrected chi connectivity index (χ3v) is 0. The average molecular weight is 200 g/mol. The van der Waals surface area contributed by atoms with Crippen LogP contribution in [0.15, 0.2) is 0 Å². The van der Waals surface area contributed by atoms with Gasteiger partial charge in [-0.2, -0.15) is 3.84 Å². The summed E-state index contributed by atoms with van der Waals surface area (Å²) in [5, 5.41) is 0. The van der Waals surface area contributed by atoms with Crippen LogP contribution in [0.5, 0.6) is 0 Å². The third-order valence-electron chi connectivity index (χ3n) is 0. The van der Waals surface area contributed by atoms with E-state index in [1.165, 1.54) is 0 Å². The van der Waals surface area contributed by atoms with Gasteiger partial charge in [0.05, 0.1) is 23.7 Å². The maximum Gasteiger partial charge on any atom is 4.00 e. The van der Waals surface area contributed by atoms with Gasteiger partial charge >= 0.3 is 21.1 Å². The Bertz CT molecular complexity index is 9.61. The summed E-state index contributed by atoms with van der Waals surface area (Å²) in [5.41, 5.74) is 0. The van der Waals surface area contributed by atoms with E-state index in [-0.39, 0.29) is 27.2 Å². The summed E-state index contributed by atoms with van der Waals surface area (Å²) < 4.78 is 3.19. The maximum absolute atomic E-state index is 4.26. The minimum atomic E-state index is 0. The van der Waals surface area contributed by atoms with Crippen molar-refractivity contribution in [3.8, 4) is 0 Å². The monoisotopic (exact) mass is 201 g/mol. The van der Waals surface area contributed by atoms with Crippen LogP contribution in [0.25, 0.3) is 0 Å².